The number of aromatic nitrogens is 6. The first-order valence-electron chi connectivity index (χ1n) is 11.6. The molecule has 0 unspecified atom stereocenters. The molecule has 5 aromatic rings. The van der Waals surface area contributed by atoms with Gasteiger partial charge in [0.15, 0.2) is 20.5 Å². The topological polar surface area (TPSA) is 133 Å². The van der Waals surface area contributed by atoms with Crippen molar-refractivity contribution in [3.63, 3.8) is 0 Å². The number of sulfone groups is 1. The van der Waals surface area contributed by atoms with E-state index >= 15 is 0 Å². The van der Waals surface area contributed by atoms with E-state index < -0.39 is 38.5 Å². The van der Waals surface area contributed by atoms with Crippen LogP contribution in [0, 0.1) is 5.82 Å². The Labute approximate surface area is 223 Å². The second kappa shape index (κ2) is 9.95. The smallest absolute Gasteiger partial charge is 0.326 e. The lowest BCUT2D eigenvalue weighted by molar-refractivity contribution is -0.141. The molecule has 0 fully saturated rings. The average molecular weight is 578 g/mol. The minimum atomic E-state index is -4.71. The van der Waals surface area contributed by atoms with Crippen molar-refractivity contribution in [2.75, 3.05) is 5.75 Å². The number of carbonyl (C=O) groups excluding carboxylic acids is 1. The lowest BCUT2D eigenvalue weighted by atomic mass is 10.2. The fourth-order valence-electron chi connectivity index (χ4n) is 3.98. The molecular formula is C24H19F4N7O4S. The van der Waals surface area contributed by atoms with Gasteiger partial charge in [0, 0.05) is 13.2 Å². The lowest BCUT2D eigenvalue weighted by Gasteiger charge is -2.07. The summed E-state index contributed by atoms with van der Waals surface area (Å²) in [4.78, 5) is 30.0. The van der Waals surface area contributed by atoms with Gasteiger partial charge >= 0.3 is 6.18 Å². The summed E-state index contributed by atoms with van der Waals surface area (Å²) in [6.07, 6.45) is -2.50. The summed E-state index contributed by atoms with van der Waals surface area (Å²) >= 11 is 0. The van der Waals surface area contributed by atoms with E-state index in [0.717, 1.165) is 16.8 Å². The quantitative estimate of drug-likeness (QED) is 0.230. The van der Waals surface area contributed by atoms with E-state index in [0.29, 0.717) is 5.56 Å². The number of carbonyl (C=O) groups is 1. The summed E-state index contributed by atoms with van der Waals surface area (Å²) in [7, 11) is -2.57. The number of hydrogen-bond acceptors (Lipinski definition) is 8. The molecular weight excluding hydrogens is 558 g/mol. The summed E-state index contributed by atoms with van der Waals surface area (Å²) in [6, 6.07) is 7.56. The minimum Gasteiger partial charge on any atom is -0.326 e. The van der Waals surface area contributed by atoms with E-state index in [9.17, 15) is 30.8 Å². The van der Waals surface area contributed by atoms with Gasteiger partial charge in [-0.05, 0) is 29.8 Å². The van der Waals surface area contributed by atoms with Crippen LogP contribution in [-0.2, 0) is 34.5 Å². The zero-order valence-corrected chi connectivity index (χ0v) is 21.6. The minimum absolute atomic E-state index is 0.0504. The SMILES string of the molecule is CCS(=O)(=O)c1nn2c(C(=O)NOCc3cccc(F)c3)ccnc2c1-c1nc2cc(C(F)(F)F)ncc2n1C. The number of nitrogens with zero attached hydrogens (tertiary/aromatic N) is 6. The van der Waals surface area contributed by atoms with Crippen molar-refractivity contribution >= 4 is 32.4 Å². The fraction of sp³-hybridized carbons (Fsp3) is 0.208. The normalized spacial score (nSPS) is 12.3. The molecule has 0 radical (unpaired) electrons. The van der Waals surface area contributed by atoms with Crippen LogP contribution in [0.2, 0.25) is 0 Å². The molecule has 40 heavy (non-hydrogen) atoms. The Balaban J connectivity index is 1.60. The van der Waals surface area contributed by atoms with E-state index in [1.165, 1.54) is 49.0 Å². The van der Waals surface area contributed by atoms with Gasteiger partial charge in [0.05, 0.1) is 29.6 Å². The van der Waals surface area contributed by atoms with Crippen molar-refractivity contribution in [1.29, 1.82) is 0 Å². The third-order valence-corrected chi connectivity index (χ3v) is 7.60. The van der Waals surface area contributed by atoms with Crippen LogP contribution in [0.1, 0.15) is 28.7 Å². The Hall–Kier alpha value is -4.44. The van der Waals surface area contributed by atoms with Crippen molar-refractivity contribution in [3.05, 3.63) is 71.6 Å². The zero-order valence-electron chi connectivity index (χ0n) is 20.8. The van der Waals surface area contributed by atoms with Gasteiger partial charge in [0.1, 0.15) is 28.6 Å². The molecule has 4 heterocycles. The number of aryl methyl sites for hydroxylation is 1. The van der Waals surface area contributed by atoms with Crippen LogP contribution in [0.3, 0.4) is 0 Å². The molecule has 5 rings (SSSR count). The van der Waals surface area contributed by atoms with Crippen LogP contribution in [0.5, 0.6) is 0 Å². The predicted octanol–water partition coefficient (Wildman–Crippen LogP) is 3.49. The van der Waals surface area contributed by atoms with Crippen LogP contribution in [0.25, 0.3) is 28.1 Å². The van der Waals surface area contributed by atoms with Gasteiger partial charge in [0.25, 0.3) is 5.91 Å². The molecule has 0 aliphatic heterocycles. The molecule has 0 aliphatic rings. The van der Waals surface area contributed by atoms with Gasteiger partial charge in [-0.15, -0.1) is 0 Å². The Morgan fingerprint density at radius 3 is 2.62 bits per heavy atom. The molecule has 4 aromatic heterocycles. The molecule has 0 saturated carbocycles. The molecule has 1 aromatic carbocycles. The van der Waals surface area contributed by atoms with Crippen LogP contribution in [0.4, 0.5) is 17.6 Å². The number of imidazole rings is 1. The van der Waals surface area contributed by atoms with Crippen LogP contribution < -0.4 is 5.48 Å². The summed E-state index contributed by atoms with van der Waals surface area (Å²) in [5, 5.41) is 3.68. The lowest BCUT2D eigenvalue weighted by Crippen LogP contribution is -2.26. The molecule has 208 valence electrons. The second-order valence-electron chi connectivity index (χ2n) is 8.55. The number of hydrogen-bond donors (Lipinski definition) is 1. The maximum absolute atomic E-state index is 13.4. The molecule has 0 spiro atoms. The fourth-order valence-corrected chi connectivity index (χ4v) is 4.95. The number of nitrogens with one attached hydrogen (secondary N) is 1. The first kappa shape index (κ1) is 27.1. The van der Waals surface area contributed by atoms with E-state index in [-0.39, 0.29) is 46.1 Å². The van der Waals surface area contributed by atoms with Crippen LogP contribution in [0.15, 0.2) is 53.8 Å². The first-order chi connectivity index (χ1) is 18.9. The highest BCUT2D eigenvalue weighted by Gasteiger charge is 2.34. The molecule has 0 bridgehead atoms. The van der Waals surface area contributed by atoms with Crippen molar-refractivity contribution < 1.29 is 35.6 Å². The van der Waals surface area contributed by atoms with Gasteiger partial charge < -0.3 is 4.57 Å². The van der Waals surface area contributed by atoms with Gasteiger partial charge in [-0.3, -0.25) is 9.63 Å². The molecule has 11 nitrogen and oxygen atoms in total. The van der Waals surface area contributed by atoms with E-state index in [1.807, 2.05) is 0 Å². The number of amides is 1. The standard InChI is InChI=1S/C24H19F4N7O4S/c1-3-40(37,38)23-19(21-31-15-10-18(24(26,27)28)30-11-17(15)34(21)2)20-29-8-7-16(35(20)32-23)22(36)33-39-12-13-5-4-6-14(25)9-13/h4-11H,3,12H2,1-2H3,(H,33,36). The Morgan fingerprint density at radius 2 is 1.93 bits per heavy atom. The Morgan fingerprint density at radius 1 is 1.15 bits per heavy atom. The summed E-state index contributed by atoms with van der Waals surface area (Å²) in [6.45, 7) is 1.23. The van der Waals surface area contributed by atoms with Gasteiger partial charge in [0.2, 0.25) is 0 Å². The molecule has 0 saturated heterocycles. The largest absolute Gasteiger partial charge is 0.433 e. The van der Waals surface area contributed by atoms with Gasteiger partial charge in [-0.2, -0.15) is 18.3 Å². The number of benzene rings is 1. The van der Waals surface area contributed by atoms with Crippen molar-refractivity contribution in [2.45, 2.75) is 24.7 Å². The third kappa shape index (κ3) is 4.86. The summed E-state index contributed by atoms with van der Waals surface area (Å²) in [5.41, 5.74) is 1.23. The number of halogens is 4. The second-order valence-corrected chi connectivity index (χ2v) is 10.7. The van der Waals surface area contributed by atoms with E-state index in [2.05, 4.69) is 25.5 Å². The zero-order chi connectivity index (χ0) is 28.8. The molecule has 16 heteroatoms. The van der Waals surface area contributed by atoms with Crippen LogP contribution >= 0.6 is 0 Å². The van der Waals surface area contributed by atoms with Crippen molar-refractivity contribution in [1.82, 2.24) is 34.6 Å². The molecule has 0 aliphatic carbocycles. The number of pyridine rings is 1. The summed E-state index contributed by atoms with van der Waals surface area (Å²) < 4.78 is 81.5. The summed E-state index contributed by atoms with van der Waals surface area (Å²) in [5.74, 6) is -1.72. The Bertz CT molecular complexity index is 1880. The van der Waals surface area contributed by atoms with E-state index in [1.54, 1.807) is 6.07 Å². The average Bonchev–Trinajstić information content (AvgIpc) is 3.46. The number of hydroxylamine groups is 1. The van der Waals surface area contributed by atoms with E-state index in [4.69, 9.17) is 4.84 Å². The molecule has 0 atom stereocenters. The molecule has 1 amide bonds. The van der Waals surface area contributed by atoms with Gasteiger partial charge in [-0.25, -0.2) is 37.8 Å². The monoisotopic (exact) mass is 577 g/mol. The highest BCUT2D eigenvalue weighted by Crippen LogP contribution is 2.34. The number of rotatable bonds is 7. The van der Waals surface area contributed by atoms with Gasteiger partial charge in [-0.1, -0.05) is 19.1 Å². The third-order valence-electron chi connectivity index (χ3n) is 5.97. The maximum atomic E-state index is 13.4. The number of fused-ring (bicyclic) bond motifs is 2. The Kier molecular flexibility index (Phi) is 6.75. The molecule has 1 N–H and O–H groups in total. The maximum Gasteiger partial charge on any atom is 0.433 e. The van der Waals surface area contributed by atoms with Crippen molar-refractivity contribution in [3.8, 4) is 11.4 Å². The van der Waals surface area contributed by atoms with Crippen molar-refractivity contribution in [2.24, 2.45) is 7.05 Å². The van der Waals surface area contributed by atoms with Crippen LogP contribution in [-0.4, -0.2) is 49.2 Å². The number of alkyl halides is 3. The highest BCUT2D eigenvalue weighted by atomic mass is 32.2. The first-order valence-corrected chi connectivity index (χ1v) is 13.2. The predicted molar refractivity (Wildman–Crippen MR) is 132 cm³/mol. The highest BCUT2D eigenvalue weighted by molar-refractivity contribution is 7.91.